The minimum absolute atomic E-state index is 0.137. The van der Waals surface area contributed by atoms with E-state index in [9.17, 15) is 0 Å². The van der Waals surface area contributed by atoms with Crippen molar-refractivity contribution in [3.63, 3.8) is 0 Å². The van der Waals surface area contributed by atoms with Crippen LogP contribution in [0.3, 0.4) is 0 Å². The fraction of sp³-hybridized carbons (Fsp3) is 0.227. The molecule has 4 heteroatoms. The minimum Gasteiger partial charge on any atom is -0.452 e. The molecule has 0 radical (unpaired) electrons. The van der Waals surface area contributed by atoms with E-state index in [4.69, 9.17) is 12.6 Å². The molecule has 1 aliphatic heterocycles. The molecular formula is C22H21N3O. The lowest BCUT2D eigenvalue weighted by molar-refractivity contribution is 0.659. The quantitative estimate of drug-likeness (QED) is 0.452. The van der Waals surface area contributed by atoms with Crippen LogP contribution in [0.4, 0.5) is 17.1 Å². The lowest BCUT2D eigenvalue weighted by Crippen LogP contribution is -2.35. The molecule has 0 saturated heterocycles. The van der Waals surface area contributed by atoms with E-state index in [1.807, 2.05) is 55.1 Å². The van der Waals surface area contributed by atoms with Gasteiger partial charge in [0.25, 0.3) is 0 Å². The van der Waals surface area contributed by atoms with Crippen LogP contribution < -0.4 is 9.80 Å². The number of pyridine rings is 1. The topological polar surface area (TPSA) is 32.5 Å². The first-order valence-corrected chi connectivity index (χ1v) is 8.49. The van der Waals surface area contributed by atoms with E-state index < -0.39 is 20.0 Å². The molecule has 0 saturated carbocycles. The Labute approximate surface area is 161 Å². The van der Waals surface area contributed by atoms with E-state index >= 15 is 0 Å². The Morgan fingerprint density at radius 2 is 1.88 bits per heavy atom. The Hall–Kier alpha value is -3.01. The van der Waals surface area contributed by atoms with Gasteiger partial charge in [-0.05, 0) is 50.5 Å². The van der Waals surface area contributed by atoms with E-state index in [-0.39, 0.29) is 11.3 Å². The van der Waals surface area contributed by atoms with Gasteiger partial charge >= 0.3 is 0 Å². The number of furan rings is 1. The molecule has 4 aromatic rings. The molecule has 26 heavy (non-hydrogen) atoms. The van der Waals surface area contributed by atoms with Crippen molar-refractivity contribution in [2.45, 2.75) is 26.9 Å². The predicted octanol–water partition coefficient (Wildman–Crippen LogP) is 5.53. The highest BCUT2D eigenvalue weighted by Crippen LogP contribution is 2.49. The summed E-state index contributed by atoms with van der Waals surface area (Å²) in [6.45, 7) is -1.08. The second-order valence-corrected chi connectivity index (χ2v) is 6.61. The predicted molar refractivity (Wildman–Crippen MR) is 107 cm³/mol. The second-order valence-electron chi connectivity index (χ2n) is 6.61. The third-order valence-electron chi connectivity index (χ3n) is 5.13. The Kier molecular flexibility index (Phi) is 2.06. The molecule has 0 fully saturated rings. The van der Waals surface area contributed by atoms with Gasteiger partial charge in [0.1, 0.15) is 11.9 Å². The lowest BCUT2D eigenvalue weighted by Gasteiger charge is -2.28. The van der Waals surface area contributed by atoms with Crippen LogP contribution in [0.5, 0.6) is 0 Å². The molecule has 0 amide bonds. The number of hydrogen-bond acceptors (Lipinski definition) is 4. The number of para-hydroxylation sites is 1. The smallest absolute Gasteiger partial charge is 0.161 e. The highest BCUT2D eigenvalue weighted by Gasteiger charge is 2.35. The number of fused-ring (bicyclic) bond motifs is 5. The van der Waals surface area contributed by atoms with Crippen LogP contribution >= 0.6 is 0 Å². The van der Waals surface area contributed by atoms with Crippen LogP contribution in [0.1, 0.15) is 26.4 Å². The normalized spacial score (nSPS) is 21.1. The molecule has 4 nitrogen and oxygen atoms in total. The number of aromatic nitrogens is 1. The molecule has 0 N–H and O–H groups in total. The van der Waals surface area contributed by atoms with Gasteiger partial charge in [-0.2, -0.15) is 0 Å². The first kappa shape index (κ1) is 10.2. The summed E-state index contributed by atoms with van der Waals surface area (Å²) in [7, 11) is 0. The third-order valence-corrected chi connectivity index (χ3v) is 5.13. The van der Waals surface area contributed by atoms with Crippen LogP contribution in [0.15, 0.2) is 53.1 Å². The Balaban J connectivity index is 1.87. The van der Waals surface area contributed by atoms with Crippen LogP contribution in [0.25, 0.3) is 21.9 Å². The molecule has 130 valence electrons. The molecule has 0 spiro atoms. The van der Waals surface area contributed by atoms with Crippen molar-refractivity contribution >= 4 is 39.0 Å². The molecule has 5 rings (SSSR count). The summed E-state index contributed by atoms with van der Waals surface area (Å²) in [4.78, 5) is 7.37. The second kappa shape index (κ2) is 5.24. The van der Waals surface area contributed by atoms with Crippen LogP contribution in [-0.2, 0) is 0 Å². The van der Waals surface area contributed by atoms with E-state index in [0.717, 1.165) is 11.3 Å². The fourth-order valence-corrected chi connectivity index (χ4v) is 3.84. The molecule has 1 atom stereocenters. The maximum Gasteiger partial charge on any atom is 0.161 e. The zero-order valence-electron chi connectivity index (χ0n) is 20.4. The van der Waals surface area contributed by atoms with Crippen molar-refractivity contribution < 1.29 is 12.6 Å². The Morgan fingerprint density at radius 3 is 2.69 bits per heavy atom. The third kappa shape index (κ3) is 1.87. The molecular weight excluding hydrogens is 322 g/mol. The van der Waals surface area contributed by atoms with Gasteiger partial charge in [-0.15, -0.1) is 0 Å². The number of nitrogens with zero attached hydrogens (tertiary/aromatic N) is 3. The van der Waals surface area contributed by atoms with Crippen molar-refractivity contribution in [2.24, 2.45) is 0 Å². The number of hydrogen-bond donors (Lipinski definition) is 0. The molecule has 0 unspecified atom stereocenters. The van der Waals surface area contributed by atoms with E-state index in [1.165, 1.54) is 11.1 Å². The van der Waals surface area contributed by atoms with Gasteiger partial charge in [0.15, 0.2) is 11.2 Å². The summed E-state index contributed by atoms with van der Waals surface area (Å²) in [5, 5.41) is 1.25. The van der Waals surface area contributed by atoms with Gasteiger partial charge in [-0.3, -0.25) is 4.98 Å². The zero-order chi connectivity index (χ0) is 23.0. The number of aryl methyl sites for hydroxylation is 2. The fourth-order valence-electron chi connectivity index (χ4n) is 3.84. The van der Waals surface area contributed by atoms with Crippen molar-refractivity contribution in [2.75, 3.05) is 16.8 Å². The van der Waals surface area contributed by atoms with Gasteiger partial charge in [0.2, 0.25) is 0 Å². The Bertz CT molecular complexity index is 1360. The highest BCUT2D eigenvalue weighted by atomic mass is 16.3. The molecule has 1 aliphatic rings. The number of rotatable bonds is 1. The molecule has 2 aromatic carbocycles. The molecule has 0 aliphatic carbocycles. The monoisotopic (exact) mass is 349 g/mol. The number of benzene rings is 2. The van der Waals surface area contributed by atoms with Crippen LogP contribution in [0, 0.1) is 13.8 Å². The average Bonchev–Trinajstić information content (AvgIpc) is 3.22. The Morgan fingerprint density at radius 1 is 1.04 bits per heavy atom. The van der Waals surface area contributed by atoms with Crippen molar-refractivity contribution in [1.82, 2.24) is 4.98 Å². The van der Waals surface area contributed by atoms with Crippen LogP contribution in [0.2, 0.25) is 0 Å². The van der Waals surface area contributed by atoms with E-state index in [1.54, 1.807) is 6.07 Å². The first-order chi connectivity index (χ1) is 15.0. The SMILES string of the molecule is [2H]C([2H])([2H])c1nccc2c1oc1c3c(ccc12)N(c1ccccc1C)[C@@H](C)N3C([2H])([2H])[2H]. The van der Waals surface area contributed by atoms with Crippen molar-refractivity contribution in [3.05, 3.63) is 59.9 Å². The zero-order valence-corrected chi connectivity index (χ0v) is 14.4. The first-order valence-electron chi connectivity index (χ1n) is 11.5. The van der Waals surface area contributed by atoms with Crippen LogP contribution in [-0.4, -0.2) is 18.1 Å². The number of anilines is 3. The van der Waals surface area contributed by atoms with Gasteiger partial charge in [0.05, 0.1) is 11.4 Å². The summed E-state index contributed by atoms with van der Waals surface area (Å²) in [6, 6.07) is 13.2. The average molecular weight is 349 g/mol. The summed E-state index contributed by atoms with van der Waals surface area (Å²) >= 11 is 0. The highest BCUT2D eigenvalue weighted by molar-refractivity contribution is 6.13. The molecule has 3 heterocycles. The molecule has 2 aromatic heterocycles. The lowest BCUT2D eigenvalue weighted by atomic mass is 10.1. The van der Waals surface area contributed by atoms with Crippen molar-refractivity contribution in [1.29, 1.82) is 0 Å². The maximum absolute atomic E-state index is 8.24. The van der Waals surface area contributed by atoms with Gasteiger partial charge in [-0.25, -0.2) is 0 Å². The van der Waals surface area contributed by atoms with Gasteiger partial charge in [0, 0.05) is 37.9 Å². The van der Waals surface area contributed by atoms with Gasteiger partial charge in [-0.1, -0.05) is 18.2 Å². The molecule has 0 bridgehead atoms. The summed E-state index contributed by atoms with van der Waals surface area (Å²) in [5.41, 5.74) is 3.38. The maximum atomic E-state index is 8.24. The van der Waals surface area contributed by atoms with E-state index in [2.05, 4.69) is 4.98 Å². The van der Waals surface area contributed by atoms with E-state index in [0.29, 0.717) is 27.7 Å². The summed E-state index contributed by atoms with van der Waals surface area (Å²) < 4.78 is 54.3. The van der Waals surface area contributed by atoms with Crippen molar-refractivity contribution in [3.8, 4) is 0 Å². The van der Waals surface area contributed by atoms with Gasteiger partial charge < -0.3 is 14.2 Å². The minimum atomic E-state index is -2.46. The standard InChI is InChI=1S/C22H21N3O/c1-13-7-5-6-8-18(13)25-15(3)24(4)20-19(25)10-9-16-17-11-12-23-14(2)21(17)26-22(16)20/h5-12,15H,1-4H3/t15-/m0/s1/i2D3,4D3. The summed E-state index contributed by atoms with van der Waals surface area (Å²) in [6.07, 6.45) is 0.924. The largest absolute Gasteiger partial charge is 0.452 e. The summed E-state index contributed by atoms with van der Waals surface area (Å²) in [5.74, 6) is 0.